The number of Topliss-reactive ketones (excluding diaryl/α,β-unsaturated/α-hetero) is 1. The summed E-state index contributed by atoms with van der Waals surface area (Å²) in [5, 5.41) is 3.18. The summed E-state index contributed by atoms with van der Waals surface area (Å²) in [5.74, 6) is -0.0862. The summed E-state index contributed by atoms with van der Waals surface area (Å²) in [6.07, 6.45) is 0.614. The second-order valence-electron chi connectivity index (χ2n) is 8.60. The molecule has 28 heavy (non-hydrogen) atoms. The molecule has 8 heteroatoms. The molecule has 0 saturated heterocycles. The van der Waals surface area contributed by atoms with Crippen LogP contribution in [0.15, 0.2) is 29.2 Å². The Morgan fingerprint density at radius 1 is 1.25 bits per heavy atom. The molecule has 1 aromatic rings. The zero-order valence-electron chi connectivity index (χ0n) is 15.9. The van der Waals surface area contributed by atoms with Crippen LogP contribution in [0.3, 0.4) is 0 Å². The second-order valence-corrected chi connectivity index (χ2v) is 10.6. The number of halogens is 3. The number of nitrogens with one attached hydrogen (secondary N) is 1. The van der Waals surface area contributed by atoms with Gasteiger partial charge in [-0.15, -0.1) is 0 Å². The number of hydrogen-bond acceptors (Lipinski definition) is 4. The van der Waals surface area contributed by atoms with E-state index in [9.17, 15) is 26.4 Å². The third-order valence-electron chi connectivity index (χ3n) is 5.98. The molecule has 4 nitrogen and oxygen atoms in total. The predicted molar refractivity (Wildman–Crippen MR) is 99.6 cm³/mol. The van der Waals surface area contributed by atoms with Gasteiger partial charge in [0.25, 0.3) is 0 Å². The maximum Gasteiger partial charge on any atom is 0.416 e. The topological polar surface area (TPSA) is 63.2 Å². The van der Waals surface area contributed by atoms with Crippen LogP contribution in [0.25, 0.3) is 0 Å². The molecule has 1 aromatic carbocycles. The van der Waals surface area contributed by atoms with Crippen molar-refractivity contribution in [2.24, 2.45) is 11.3 Å². The van der Waals surface area contributed by atoms with E-state index in [1.165, 1.54) is 12.5 Å². The van der Waals surface area contributed by atoms with Gasteiger partial charge in [0.05, 0.1) is 22.8 Å². The van der Waals surface area contributed by atoms with Gasteiger partial charge in [-0.25, -0.2) is 8.42 Å². The highest BCUT2D eigenvalue weighted by molar-refractivity contribution is 7.91. The summed E-state index contributed by atoms with van der Waals surface area (Å²) < 4.78 is 63.3. The van der Waals surface area contributed by atoms with E-state index in [1.807, 2.05) is 0 Å². The predicted octanol–water partition coefficient (Wildman–Crippen LogP) is 4.00. The third-order valence-corrected chi connectivity index (χ3v) is 7.87. The van der Waals surface area contributed by atoms with Crippen LogP contribution >= 0.6 is 0 Å². The van der Waals surface area contributed by atoms with Crippen LogP contribution in [0.1, 0.15) is 51.0 Å². The lowest BCUT2D eigenvalue weighted by molar-refractivity contribution is -0.137. The monoisotopic (exact) mass is 417 g/mol. The van der Waals surface area contributed by atoms with Crippen LogP contribution < -0.4 is 5.32 Å². The highest BCUT2D eigenvalue weighted by atomic mass is 32.2. The van der Waals surface area contributed by atoms with E-state index in [0.29, 0.717) is 31.9 Å². The molecule has 0 radical (unpaired) electrons. The van der Waals surface area contributed by atoms with Gasteiger partial charge in [0.1, 0.15) is 5.78 Å². The van der Waals surface area contributed by atoms with E-state index in [-0.39, 0.29) is 33.8 Å². The first-order chi connectivity index (χ1) is 13.0. The van der Waals surface area contributed by atoms with Gasteiger partial charge in [-0.1, -0.05) is 19.4 Å². The third kappa shape index (κ3) is 5.14. The Hall–Kier alpha value is -1.41. The quantitative estimate of drug-likeness (QED) is 0.695. The Morgan fingerprint density at radius 3 is 2.50 bits per heavy atom. The first kappa shape index (κ1) is 21.3. The molecule has 3 rings (SSSR count). The van der Waals surface area contributed by atoms with Crippen molar-refractivity contribution in [3.8, 4) is 0 Å². The zero-order chi connectivity index (χ0) is 20.6. The van der Waals surface area contributed by atoms with E-state index in [1.54, 1.807) is 0 Å². The van der Waals surface area contributed by atoms with Gasteiger partial charge in [-0.2, -0.15) is 13.2 Å². The van der Waals surface area contributed by atoms with E-state index in [4.69, 9.17) is 0 Å². The normalized spacial score (nSPS) is 24.3. The van der Waals surface area contributed by atoms with Crippen molar-refractivity contribution in [2.75, 3.05) is 12.3 Å². The maximum absolute atomic E-state index is 12.8. The number of sulfone groups is 1. The highest BCUT2D eigenvalue weighted by Gasteiger charge is 2.36. The van der Waals surface area contributed by atoms with Crippen molar-refractivity contribution < 1.29 is 26.4 Å². The first-order valence-corrected chi connectivity index (χ1v) is 11.3. The van der Waals surface area contributed by atoms with Crippen LogP contribution in [0, 0.1) is 11.3 Å². The number of carbonyl (C=O) groups is 1. The Morgan fingerprint density at radius 2 is 1.93 bits per heavy atom. The molecular formula is C20H26F3NO3S. The average Bonchev–Trinajstić information content (AvgIpc) is 2.54. The van der Waals surface area contributed by atoms with Crippen LogP contribution in [-0.2, 0) is 20.8 Å². The molecular weight excluding hydrogens is 391 g/mol. The number of alkyl halides is 3. The minimum atomic E-state index is -4.57. The minimum absolute atomic E-state index is 0.0971. The fraction of sp³-hybridized carbons (Fsp3) is 0.650. The van der Waals surface area contributed by atoms with Crippen molar-refractivity contribution in [2.45, 2.75) is 62.6 Å². The molecule has 0 atom stereocenters. The van der Waals surface area contributed by atoms with Crippen molar-refractivity contribution in [3.63, 3.8) is 0 Å². The molecule has 1 N–H and O–H groups in total. The summed E-state index contributed by atoms with van der Waals surface area (Å²) in [6, 6.07) is 3.99. The molecule has 0 aromatic heterocycles. The number of rotatable bonds is 8. The number of carbonyl (C=O) groups excluding carboxylic acids is 1. The molecule has 2 aliphatic rings. The van der Waals surface area contributed by atoms with Crippen molar-refractivity contribution >= 4 is 15.6 Å². The molecule has 2 saturated carbocycles. The largest absolute Gasteiger partial charge is 0.416 e. The fourth-order valence-electron chi connectivity index (χ4n) is 4.06. The Labute approximate surface area is 163 Å². The van der Waals surface area contributed by atoms with Crippen LogP contribution in [-0.4, -0.2) is 32.5 Å². The van der Waals surface area contributed by atoms with Gasteiger partial charge in [0, 0.05) is 12.5 Å². The summed E-state index contributed by atoms with van der Waals surface area (Å²) in [6.45, 7) is 2.43. The summed E-state index contributed by atoms with van der Waals surface area (Å²) >= 11 is 0. The molecule has 0 aliphatic heterocycles. The molecule has 2 aliphatic carbocycles. The fourth-order valence-corrected chi connectivity index (χ4v) is 5.74. The molecule has 0 bridgehead atoms. The van der Waals surface area contributed by atoms with Gasteiger partial charge >= 0.3 is 6.18 Å². The Kier molecular flexibility index (Phi) is 5.92. The molecule has 0 unspecified atom stereocenters. The molecule has 0 spiro atoms. The number of hydrogen-bond donors (Lipinski definition) is 1. The first-order valence-electron chi connectivity index (χ1n) is 9.62. The lowest BCUT2D eigenvalue weighted by Gasteiger charge is -2.39. The number of ketones is 1. The van der Waals surface area contributed by atoms with Gasteiger partial charge in [-0.3, -0.25) is 4.79 Å². The van der Waals surface area contributed by atoms with E-state index in [2.05, 4.69) is 12.2 Å². The smallest absolute Gasteiger partial charge is 0.307 e. The van der Waals surface area contributed by atoms with Gasteiger partial charge < -0.3 is 5.32 Å². The average molecular weight is 417 g/mol. The van der Waals surface area contributed by atoms with Crippen molar-refractivity contribution in [1.29, 1.82) is 0 Å². The van der Waals surface area contributed by atoms with E-state index >= 15 is 0 Å². The van der Waals surface area contributed by atoms with Gasteiger partial charge in [0.15, 0.2) is 9.84 Å². The lowest BCUT2D eigenvalue weighted by Crippen LogP contribution is -2.46. The molecule has 156 valence electrons. The molecule has 0 amide bonds. The SMILES string of the molecule is CC1(CC(=O)CNC2CC(CS(=O)(=O)c3cccc(C(F)(F)F)c3)C2)CCC1. The summed E-state index contributed by atoms with van der Waals surface area (Å²) in [4.78, 5) is 11.8. The van der Waals surface area contributed by atoms with Gasteiger partial charge in [-0.05, 0) is 55.2 Å². The van der Waals surface area contributed by atoms with Crippen LogP contribution in [0.2, 0.25) is 0 Å². The lowest BCUT2D eigenvalue weighted by atomic mass is 9.67. The van der Waals surface area contributed by atoms with Crippen molar-refractivity contribution in [1.82, 2.24) is 5.32 Å². The molecule has 0 heterocycles. The minimum Gasteiger partial charge on any atom is -0.307 e. The van der Waals surface area contributed by atoms with Crippen molar-refractivity contribution in [3.05, 3.63) is 29.8 Å². The van der Waals surface area contributed by atoms with E-state index in [0.717, 1.165) is 25.0 Å². The number of benzene rings is 1. The van der Waals surface area contributed by atoms with Crippen LogP contribution in [0.4, 0.5) is 13.2 Å². The van der Waals surface area contributed by atoms with Gasteiger partial charge in [0.2, 0.25) is 0 Å². The molecule has 2 fully saturated rings. The summed E-state index contributed by atoms with van der Waals surface area (Å²) in [7, 11) is -3.77. The maximum atomic E-state index is 12.8. The highest BCUT2D eigenvalue weighted by Crippen LogP contribution is 2.43. The zero-order valence-corrected chi connectivity index (χ0v) is 16.7. The second kappa shape index (κ2) is 7.78. The Balaban J connectivity index is 1.45. The standard InChI is InChI=1S/C20H26F3NO3S/c1-19(6-3-7-19)11-17(25)12-24-16-8-14(9-16)13-28(26,27)18-5-2-4-15(10-18)20(21,22)23/h2,4-5,10,14,16,24H,3,6-9,11-13H2,1H3. The summed E-state index contributed by atoms with van der Waals surface area (Å²) in [5.41, 5.74) is -0.805. The van der Waals surface area contributed by atoms with Crippen LogP contribution in [0.5, 0.6) is 0 Å². The Bertz CT molecular complexity index is 825. The van der Waals surface area contributed by atoms with E-state index < -0.39 is 21.6 Å².